The van der Waals surface area contributed by atoms with Crippen LogP contribution in [-0.2, 0) is 0 Å². The van der Waals surface area contributed by atoms with Crippen molar-refractivity contribution in [3.8, 4) is 0 Å². The molecular formula is C13H19N3S. The van der Waals surface area contributed by atoms with Crippen LogP contribution in [0.4, 0.5) is 5.69 Å². The van der Waals surface area contributed by atoms with Gasteiger partial charge in [-0.3, -0.25) is 9.98 Å². The zero-order chi connectivity index (χ0) is 12.4. The molecule has 92 valence electrons. The zero-order valence-electron chi connectivity index (χ0n) is 10.8. The molecule has 0 radical (unpaired) electrons. The van der Waals surface area contributed by atoms with Crippen LogP contribution in [0.5, 0.6) is 0 Å². The lowest BCUT2D eigenvalue weighted by Gasteiger charge is -2.13. The number of aryl methyl sites for hydroxylation is 2. The van der Waals surface area contributed by atoms with E-state index >= 15 is 0 Å². The Kier molecular flexibility index (Phi) is 3.72. The van der Waals surface area contributed by atoms with Gasteiger partial charge in [-0.05, 0) is 31.9 Å². The van der Waals surface area contributed by atoms with Crippen molar-refractivity contribution >= 4 is 22.6 Å². The fraction of sp³-hybridized carbons (Fsp3) is 0.538. The van der Waals surface area contributed by atoms with Gasteiger partial charge in [0.1, 0.15) is 0 Å². The Morgan fingerprint density at radius 1 is 1.35 bits per heavy atom. The molecule has 0 spiro atoms. The molecule has 1 atom stereocenters. The number of anilines is 1. The van der Waals surface area contributed by atoms with Crippen LogP contribution in [0, 0.1) is 19.8 Å². The molecule has 1 aliphatic rings. The molecule has 2 heterocycles. The second kappa shape index (κ2) is 5.08. The van der Waals surface area contributed by atoms with Gasteiger partial charge in [-0.2, -0.15) is 0 Å². The molecule has 1 N–H and O–H groups in total. The molecule has 0 saturated carbocycles. The molecule has 1 aromatic heterocycles. The first-order valence-electron chi connectivity index (χ1n) is 5.98. The van der Waals surface area contributed by atoms with Crippen molar-refractivity contribution in [1.82, 2.24) is 4.98 Å². The molecule has 1 unspecified atom stereocenters. The Morgan fingerprint density at radius 3 is 2.71 bits per heavy atom. The van der Waals surface area contributed by atoms with Gasteiger partial charge in [0.15, 0.2) is 5.17 Å². The second-order valence-corrected chi connectivity index (χ2v) is 5.98. The van der Waals surface area contributed by atoms with Gasteiger partial charge >= 0.3 is 0 Å². The number of pyridine rings is 1. The SMILES string of the molecule is Cc1ccc(NC2=NCC(C(C)C)S2)c(C)n1. The van der Waals surface area contributed by atoms with E-state index in [0.29, 0.717) is 11.2 Å². The summed E-state index contributed by atoms with van der Waals surface area (Å²) < 4.78 is 0. The summed E-state index contributed by atoms with van der Waals surface area (Å²) in [7, 11) is 0. The number of nitrogens with zero attached hydrogens (tertiary/aromatic N) is 2. The van der Waals surface area contributed by atoms with Crippen LogP contribution in [-0.4, -0.2) is 21.9 Å². The Bertz CT molecular complexity index is 440. The highest BCUT2D eigenvalue weighted by molar-refractivity contribution is 8.15. The third kappa shape index (κ3) is 3.00. The van der Waals surface area contributed by atoms with Crippen LogP contribution >= 0.6 is 11.8 Å². The van der Waals surface area contributed by atoms with Crippen LogP contribution in [0.15, 0.2) is 17.1 Å². The molecule has 1 aromatic rings. The molecular weight excluding hydrogens is 230 g/mol. The maximum atomic E-state index is 4.54. The van der Waals surface area contributed by atoms with Gasteiger partial charge in [-0.25, -0.2) is 0 Å². The summed E-state index contributed by atoms with van der Waals surface area (Å²) >= 11 is 1.84. The van der Waals surface area contributed by atoms with Gasteiger partial charge in [0.05, 0.1) is 17.9 Å². The van der Waals surface area contributed by atoms with Crippen molar-refractivity contribution in [3.05, 3.63) is 23.5 Å². The van der Waals surface area contributed by atoms with Crippen molar-refractivity contribution in [3.63, 3.8) is 0 Å². The molecule has 2 rings (SSSR count). The number of rotatable bonds is 2. The van der Waals surface area contributed by atoms with E-state index in [1.807, 2.05) is 31.7 Å². The Hall–Kier alpha value is -1.03. The summed E-state index contributed by atoms with van der Waals surface area (Å²) in [5.41, 5.74) is 3.14. The van der Waals surface area contributed by atoms with Crippen LogP contribution in [0.3, 0.4) is 0 Å². The summed E-state index contributed by atoms with van der Waals surface area (Å²) in [5.74, 6) is 0.667. The van der Waals surface area contributed by atoms with E-state index < -0.39 is 0 Å². The van der Waals surface area contributed by atoms with E-state index in [1.54, 1.807) is 0 Å². The van der Waals surface area contributed by atoms with Gasteiger partial charge in [0.2, 0.25) is 0 Å². The summed E-state index contributed by atoms with van der Waals surface area (Å²) in [6.07, 6.45) is 0. The molecule has 0 aromatic carbocycles. The number of aliphatic imine (C=N–C) groups is 1. The molecule has 3 nitrogen and oxygen atoms in total. The lowest BCUT2D eigenvalue weighted by Crippen LogP contribution is -2.13. The van der Waals surface area contributed by atoms with E-state index in [2.05, 4.69) is 35.2 Å². The number of nitrogens with one attached hydrogen (secondary N) is 1. The zero-order valence-corrected chi connectivity index (χ0v) is 11.6. The van der Waals surface area contributed by atoms with Gasteiger partial charge in [-0.15, -0.1) is 0 Å². The largest absolute Gasteiger partial charge is 0.333 e. The van der Waals surface area contributed by atoms with Crippen LogP contribution in [0.25, 0.3) is 0 Å². The number of hydrogen-bond donors (Lipinski definition) is 1. The minimum absolute atomic E-state index is 0.608. The van der Waals surface area contributed by atoms with Crippen LogP contribution < -0.4 is 5.32 Å². The molecule has 17 heavy (non-hydrogen) atoms. The highest BCUT2D eigenvalue weighted by Crippen LogP contribution is 2.28. The van der Waals surface area contributed by atoms with Crippen molar-refractivity contribution in [2.24, 2.45) is 10.9 Å². The first kappa shape index (κ1) is 12.4. The lowest BCUT2D eigenvalue weighted by atomic mass is 10.1. The average Bonchev–Trinajstić information content (AvgIpc) is 2.71. The fourth-order valence-electron chi connectivity index (χ4n) is 1.74. The third-order valence-electron chi connectivity index (χ3n) is 2.89. The van der Waals surface area contributed by atoms with Gasteiger partial charge < -0.3 is 5.32 Å². The first-order chi connectivity index (χ1) is 8.06. The molecule has 0 bridgehead atoms. The van der Waals surface area contributed by atoms with E-state index in [0.717, 1.165) is 28.8 Å². The standard InChI is InChI=1S/C13H19N3S/c1-8(2)12-7-14-13(17-12)16-11-6-5-9(3)15-10(11)4/h5-6,8,12H,7H2,1-4H3,(H,14,16). The highest BCUT2D eigenvalue weighted by atomic mass is 32.2. The maximum Gasteiger partial charge on any atom is 0.161 e. The number of hydrogen-bond acceptors (Lipinski definition) is 4. The molecule has 1 aliphatic heterocycles. The summed E-state index contributed by atoms with van der Waals surface area (Å²) in [6, 6.07) is 4.10. The quantitative estimate of drug-likeness (QED) is 0.874. The lowest BCUT2D eigenvalue weighted by molar-refractivity contribution is 0.621. The van der Waals surface area contributed by atoms with Crippen LogP contribution in [0.1, 0.15) is 25.2 Å². The molecule has 4 heteroatoms. The molecule has 0 fully saturated rings. The third-order valence-corrected chi connectivity index (χ3v) is 4.34. The van der Waals surface area contributed by atoms with Gasteiger partial charge in [-0.1, -0.05) is 25.6 Å². The van der Waals surface area contributed by atoms with Gasteiger partial charge in [0.25, 0.3) is 0 Å². The van der Waals surface area contributed by atoms with E-state index in [9.17, 15) is 0 Å². The minimum Gasteiger partial charge on any atom is -0.333 e. The minimum atomic E-state index is 0.608. The molecule has 0 aliphatic carbocycles. The summed E-state index contributed by atoms with van der Waals surface area (Å²) in [5, 5.41) is 5.00. The monoisotopic (exact) mass is 249 g/mol. The smallest absolute Gasteiger partial charge is 0.161 e. The highest BCUT2D eigenvalue weighted by Gasteiger charge is 2.22. The van der Waals surface area contributed by atoms with Crippen LogP contribution in [0.2, 0.25) is 0 Å². The topological polar surface area (TPSA) is 37.3 Å². The fourth-order valence-corrected chi connectivity index (χ4v) is 2.77. The van der Waals surface area contributed by atoms with Crippen molar-refractivity contribution in [2.45, 2.75) is 32.9 Å². The van der Waals surface area contributed by atoms with Crippen molar-refractivity contribution in [1.29, 1.82) is 0 Å². The predicted molar refractivity (Wildman–Crippen MR) is 75.9 cm³/mol. The number of aromatic nitrogens is 1. The maximum absolute atomic E-state index is 4.54. The van der Waals surface area contributed by atoms with Gasteiger partial charge in [0, 0.05) is 10.9 Å². The number of amidine groups is 1. The average molecular weight is 249 g/mol. The second-order valence-electron chi connectivity index (χ2n) is 4.76. The normalized spacial score (nSPS) is 19.6. The Labute approximate surface area is 107 Å². The predicted octanol–water partition coefficient (Wildman–Crippen LogP) is 3.24. The summed E-state index contributed by atoms with van der Waals surface area (Å²) in [6.45, 7) is 9.44. The van der Waals surface area contributed by atoms with Crippen molar-refractivity contribution in [2.75, 3.05) is 11.9 Å². The first-order valence-corrected chi connectivity index (χ1v) is 6.86. The summed E-state index contributed by atoms with van der Waals surface area (Å²) in [4.78, 5) is 8.98. The van der Waals surface area contributed by atoms with E-state index in [4.69, 9.17) is 0 Å². The van der Waals surface area contributed by atoms with E-state index in [1.165, 1.54) is 0 Å². The Morgan fingerprint density at radius 2 is 2.12 bits per heavy atom. The Balaban J connectivity index is 2.03. The molecule has 0 amide bonds. The van der Waals surface area contributed by atoms with Crippen molar-refractivity contribution < 1.29 is 0 Å². The molecule has 0 saturated heterocycles. The number of thioether (sulfide) groups is 1. The van der Waals surface area contributed by atoms with E-state index in [-0.39, 0.29) is 0 Å².